The van der Waals surface area contributed by atoms with E-state index in [9.17, 15) is 5.26 Å². The van der Waals surface area contributed by atoms with Gasteiger partial charge < -0.3 is 0 Å². The summed E-state index contributed by atoms with van der Waals surface area (Å²) in [4.78, 5) is 4.67. The largest absolute Gasteiger partial charge is 0.255 e. The maximum Gasteiger partial charge on any atom is 0.101 e. The van der Waals surface area contributed by atoms with Gasteiger partial charge in [-0.05, 0) is 56.5 Å². The van der Waals surface area contributed by atoms with Gasteiger partial charge in [-0.1, -0.05) is 90.1 Å². The Kier molecular flexibility index (Phi) is 5.39. The third kappa shape index (κ3) is 4.16. The van der Waals surface area contributed by atoms with Crippen molar-refractivity contribution in [1.82, 2.24) is 4.98 Å². The Morgan fingerprint density at radius 3 is 2.06 bits per heavy atom. The molecule has 0 radical (unpaired) electrons. The predicted molar refractivity (Wildman–Crippen MR) is 135 cm³/mol. The molecule has 0 aliphatic carbocycles. The molecule has 32 heavy (non-hydrogen) atoms. The summed E-state index contributed by atoms with van der Waals surface area (Å²) < 4.78 is 0. The van der Waals surface area contributed by atoms with Crippen molar-refractivity contribution in [1.29, 1.82) is 5.26 Å². The van der Waals surface area contributed by atoms with Crippen molar-refractivity contribution in [3.63, 3.8) is 0 Å². The molecule has 4 rings (SSSR count). The van der Waals surface area contributed by atoms with Gasteiger partial charge in [-0.15, -0.1) is 0 Å². The van der Waals surface area contributed by atoms with E-state index in [-0.39, 0.29) is 10.8 Å². The van der Waals surface area contributed by atoms with Crippen molar-refractivity contribution in [2.45, 2.75) is 52.4 Å². The first-order valence-electron chi connectivity index (χ1n) is 11.1. The predicted octanol–water partition coefficient (Wildman–Crippen LogP) is 8.04. The van der Waals surface area contributed by atoms with Crippen LogP contribution in [0.3, 0.4) is 0 Å². The van der Waals surface area contributed by atoms with Crippen molar-refractivity contribution in [2.75, 3.05) is 0 Å². The van der Waals surface area contributed by atoms with Gasteiger partial charge in [-0.3, -0.25) is 4.98 Å². The average molecular weight is 419 g/mol. The fourth-order valence-electron chi connectivity index (χ4n) is 4.17. The Balaban J connectivity index is 1.88. The molecule has 0 saturated carbocycles. The van der Waals surface area contributed by atoms with Gasteiger partial charge in [0.25, 0.3) is 0 Å². The second-order valence-electron chi connectivity index (χ2n) is 10.5. The van der Waals surface area contributed by atoms with Crippen LogP contribution in [0.15, 0.2) is 72.9 Å². The van der Waals surface area contributed by atoms with Crippen LogP contribution in [0.4, 0.5) is 0 Å². The molecule has 4 aromatic rings. The second-order valence-corrected chi connectivity index (χ2v) is 10.5. The van der Waals surface area contributed by atoms with E-state index in [2.05, 4.69) is 119 Å². The Morgan fingerprint density at radius 2 is 1.44 bits per heavy atom. The third-order valence-electron chi connectivity index (χ3n) is 6.05. The highest BCUT2D eigenvalue weighted by molar-refractivity contribution is 5.91. The molecule has 1 heterocycles. The first kappa shape index (κ1) is 21.8. The van der Waals surface area contributed by atoms with E-state index in [0.29, 0.717) is 5.56 Å². The smallest absolute Gasteiger partial charge is 0.101 e. The lowest BCUT2D eigenvalue weighted by atomic mass is 9.82. The summed E-state index contributed by atoms with van der Waals surface area (Å²) in [5.41, 5.74) is 7.18. The Hall–Kier alpha value is -3.44. The monoisotopic (exact) mass is 418 g/mol. The van der Waals surface area contributed by atoms with E-state index in [4.69, 9.17) is 0 Å². The van der Waals surface area contributed by atoms with Crippen molar-refractivity contribution < 1.29 is 0 Å². The molecule has 0 unspecified atom stereocenters. The standard InChI is InChI=1S/C30H30N2/c1-29(2,3)24-13-11-20(12-14-24)26-17-28(32-19-23(26)18-31)22-15-21-9-7-8-10-25(21)27(16-22)30(4,5)6/h7-17,19H,1-6H3. The van der Waals surface area contributed by atoms with Gasteiger partial charge in [-0.2, -0.15) is 5.26 Å². The highest BCUT2D eigenvalue weighted by atomic mass is 14.7. The zero-order valence-corrected chi connectivity index (χ0v) is 19.8. The molecule has 0 amide bonds. The van der Waals surface area contributed by atoms with E-state index in [1.54, 1.807) is 6.20 Å². The molecule has 0 fully saturated rings. The number of hydrogen-bond donors (Lipinski definition) is 0. The first-order chi connectivity index (χ1) is 15.1. The van der Waals surface area contributed by atoms with Crippen LogP contribution in [0.25, 0.3) is 33.2 Å². The summed E-state index contributed by atoms with van der Waals surface area (Å²) in [6.07, 6.45) is 1.70. The fraction of sp³-hybridized carbons (Fsp3) is 0.267. The molecule has 0 atom stereocenters. The second kappa shape index (κ2) is 7.92. The van der Waals surface area contributed by atoms with Crippen LogP contribution in [0.5, 0.6) is 0 Å². The van der Waals surface area contributed by atoms with Gasteiger partial charge in [0, 0.05) is 17.3 Å². The van der Waals surface area contributed by atoms with E-state index < -0.39 is 0 Å². The maximum absolute atomic E-state index is 9.73. The summed E-state index contributed by atoms with van der Waals surface area (Å²) in [5.74, 6) is 0. The number of benzene rings is 3. The highest BCUT2D eigenvalue weighted by Crippen LogP contribution is 2.36. The molecule has 3 aromatic carbocycles. The van der Waals surface area contributed by atoms with E-state index in [1.165, 1.54) is 21.9 Å². The van der Waals surface area contributed by atoms with Crippen LogP contribution in [0.1, 0.15) is 58.2 Å². The molecule has 2 heteroatoms. The number of nitrogens with zero attached hydrogens (tertiary/aromatic N) is 2. The van der Waals surface area contributed by atoms with Gasteiger partial charge in [0.15, 0.2) is 0 Å². The van der Waals surface area contributed by atoms with Crippen molar-refractivity contribution in [3.05, 3.63) is 89.6 Å². The van der Waals surface area contributed by atoms with Gasteiger partial charge in [0.2, 0.25) is 0 Å². The average Bonchev–Trinajstić information content (AvgIpc) is 2.76. The SMILES string of the molecule is CC(C)(C)c1ccc(-c2cc(-c3cc(C(C)(C)C)c4ccccc4c3)ncc2C#N)cc1. The minimum absolute atomic E-state index is 0.00776. The number of hydrogen-bond acceptors (Lipinski definition) is 2. The summed E-state index contributed by atoms with van der Waals surface area (Å²) in [7, 11) is 0. The van der Waals surface area contributed by atoms with Crippen LogP contribution in [-0.4, -0.2) is 4.98 Å². The maximum atomic E-state index is 9.73. The molecule has 0 N–H and O–H groups in total. The number of pyridine rings is 1. The number of fused-ring (bicyclic) bond motifs is 1. The topological polar surface area (TPSA) is 36.7 Å². The van der Waals surface area contributed by atoms with Crippen LogP contribution in [0, 0.1) is 11.3 Å². The number of nitriles is 1. The molecule has 2 nitrogen and oxygen atoms in total. The molecule has 0 saturated heterocycles. The molecule has 160 valence electrons. The lowest BCUT2D eigenvalue weighted by Gasteiger charge is -2.23. The van der Waals surface area contributed by atoms with Gasteiger partial charge in [-0.25, -0.2) is 0 Å². The number of rotatable bonds is 2. The summed E-state index contributed by atoms with van der Waals surface area (Å²) >= 11 is 0. The van der Waals surface area contributed by atoms with Crippen LogP contribution < -0.4 is 0 Å². The summed E-state index contributed by atoms with van der Waals surface area (Å²) in [5, 5.41) is 12.2. The van der Waals surface area contributed by atoms with Crippen molar-refractivity contribution in [3.8, 4) is 28.5 Å². The molecule has 0 spiro atoms. The summed E-state index contributed by atoms with van der Waals surface area (Å²) in [6.45, 7) is 13.4. The van der Waals surface area contributed by atoms with Crippen LogP contribution in [-0.2, 0) is 10.8 Å². The molecule has 0 bridgehead atoms. The normalized spacial score (nSPS) is 12.0. The lowest BCUT2D eigenvalue weighted by molar-refractivity contribution is 0.590. The quantitative estimate of drug-likeness (QED) is 0.330. The zero-order valence-electron chi connectivity index (χ0n) is 19.8. The first-order valence-corrected chi connectivity index (χ1v) is 11.1. The highest BCUT2D eigenvalue weighted by Gasteiger charge is 2.19. The van der Waals surface area contributed by atoms with E-state index in [1.807, 2.05) is 0 Å². The third-order valence-corrected chi connectivity index (χ3v) is 6.05. The minimum Gasteiger partial charge on any atom is -0.255 e. The van der Waals surface area contributed by atoms with Gasteiger partial charge >= 0.3 is 0 Å². The Morgan fingerprint density at radius 1 is 0.750 bits per heavy atom. The van der Waals surface area contributed by atoms with Crippen LogP contribution in [0.2, 0.25) is 0 Å². The Bertz CT molecular complexity index is 1320. The van der Waals surface area contributed by atoms with E-state index in [0.717, 1.165) is 22.4 Å². The fourth-order valence-corrected chi connectivity index (χ4v) is 4.17. The van der Waals surface area contributed by atoms with Crippen molar-refractivity contribution in [2.24, 2.45) is 0 Å². The zero-order chi connectivity index (χ0) is 23.1. The molecule has 0 aliphatic heterocycles. The van der Waals surface area contributed by atoms with Crippen molar-refractivity contribution >= 4 is 10.8 Å². The lowest BCUT2D eigenvalue weighted by Crippen LogP contribution is -2.12. The molecular formula is C30H30N2. The molecule has 0 aliphatic rings. The van der Waals surface area contributed by atoms with Crippen LogP contribution >= 0.6 is 0 Å². The molecule has 1 aromatic heterocycles. The van der Waals surface area contributed by atoms with Gasteiger partial charge in [0.1, 0.15) is 6.07 Å². The summed E-state index contributed by atoms with van der Waals surface area (Å²) in [6, 6.07) is 25.9. The molecular weight excluding hydrogens is 388 g/mol. The minimum atomic E-state index is 0.00776. The Labute approximate surface area is 191 Å². The number of aromatic nitrogens is 1. The van der Waals surface area contributed by atoms with Gasteiger partial charge in [0.05, 0.1) is 11.3 Å². The van der Waals surface area contributed by atoms with E-state index >= 15 is 0 Å².